The first-order chi connectivity index (χ1) is 16.2. The van der Waals surface area contributed by atoms with E-state index in [2.05, 4.69) is 25.4 Å². The van der Waals surface area contributed by atoms with Gasteiger partial charge in [0.05, 0.1) is 49.3 Å². The van der Waals surface area contributed by atoms with Gasteiger partial charge in [-0.3, -0.25) is 4.31 Å². The molecule has 3 heterocycles. The number of nitrogens with zero attached hydrogens (tertiary/aromatic N) is 6. The summed E-state index contributed by atoms with van der Waals surface area (Å²) in [6.07, 6.45) is 4.62. The number of aromatic hydroxyl groups is 1. The van der Waals surface area contributed by atoms with E-state index in [0.717, 1.165) is 21.5 Å². The summed E-state index contributed by atoms with van der Waals surface area (Å²) in [5.74, 6) is 0.241. The minimum Gasteiger partial charge on any atom is -0.493 e. The monoisotopic (exact) mass is 485 g/mol. The smallest absolute Gasteiger partial charge is 0.232 e. The average Bonchev–Trinajstić information content (AvgIpc) is 3.19. The summed E-state index contributed by atoms with van der Waals surface area (Å²) in [4.78, 5) is 12.6. The molecule has 13 heteroatoms. The summed E-state index contributed by atoms with van der Waals surface area (Å²) in [6.45, 7) is -0.433. The predicted octanol–water partition coefficient (Wildman–Crippen LogP) is 0.838. The maximum Gasteiger partial charge on any atom is 0.232 e. The number of hydrogen-bond donors (Lipinski definition) is 4. The number of nitrogens with one attached hydrogen (secondary N) is 1. The molecule has 0 saturated carbocycles. The lowest BCUT2D eigenvalue weighted by Crippen LogP contribution is -2.38. The minimum atomic E-state index is -3.66. The van der Waals surface area contributed by atoms with Crippen molar-refractivity contribution in [1.29, 1.82) is 0 Å². The van der Waals surface area contributed by atoms with E-state index in [4.69, 9.17) is 5.11 Å². The summed E-state index contributed by atoms with van der Waals surface area (Å²) in [7, 11) is -3.66. The molecule has 4 rings (SSSR count). The fraction of sp³-hybridized carbons (Fsp3) is 0.238. The van der Waals surface area contributed by atoms with Crippen molar-refractivity contribution in [2.75, 3.05) is 29.0 Å². The zero-order chi connectivity index (χ0) is 24.3. The van der Waals surface area contributed by atoms with Gasteiger partial charge in [0, 0.05) is 24.1 Å². The van der Waals surface area contributed by atoms with Crippen LogP contribution >= 0.6 is 0 Å². The highest BCUT2D eigenvalue weighted by Gasteiger charge is 2.20. The Labute approximate surface area is 195 Å². The fourth-order valence-corrected chi connectivity index (χ4v) is 4.24. The Balaban J connectivity index is 1.54. The maximum atomic E-state index is 12.1. The molecule has 34 heavy (non-hydrogen) atoms. The molecule has 1 aromatic carbocycles. The Hall–Kier alpha value is -3.81. The Bertz CT molecular complexity index is 1390. The van der Waals surface area contributed by atoms with Crippen molar-refractivity contribution in [3.8, 4) is 5.88 Å². The predicted molar refractivity (Wildman–Crippen MR) is 125 cm³/mol. The number of aromatic nitrogens is 5. The van der Waals surface area contributed by atoms with Gasteiger partial charge in [-0.25, -0.2) is 23.1 Å². The van der Waals surface area contributed by atoms with E-state index in [9.17, 15) is 18.6 Å². The van der Waals surface area contributed by atoms with Crippen LogP contribution in [0.1, 0.15) is 5.56 Å². The summed E-state index contributed by atoms with van der Waals surface area (Å²) in [5, 5.41) is 36.5. The zero-order valence-corrected chi connectivity index (χ0v) is 19.0. The minimum absolute atomic E-state index is 0.0744. The molecule has 0 aliphatic rings. The number of fused-ring (bicyclic) bond motifs is 1. The molecule has 0 aliphatic heterocycles. The van der Waals surface area contributed by atoms with E-state index in [1.165, 1.54) is 6.20 Å². The van der Waals surface area contributed by atoms with Gasteiger partial charge >= 0.3 is 0 Å². The van der Waals surface area contributed by atoms with E-state index in [-0.39, 0.29) is 12.4 Å². The third kappa shape index (κ3) is 5.39. The van der Waals surface area contributed by atoms with E-state index >= 15 is 0 Å². The van der Waals surface area contributed by atoms with Gasteiger partial charge in [0.2, 0.25) is 21.9 Å². The third-order valence-corrected chi connectivity index (χ3v) is 6.08. The molecule has 12 nitrogen and oxygen atoms in total. The molecule has 0 spiro atoms. The quantitative estimate of drug-likeness (QED) is 0.267. The van der Waals surface area contributed by atoms with Gasteiger partial charge in [0.25, 0.3) is 0 Å². The highest BCUT2D eigenvalue weighted by atomic mass is 32.2. The molecule has 178 valence electrons. The third-order valence-electron chi connectivity index (χ3n) is 4.92. The van der Waals surface area contributed by atoms with Gasteiger partial charge in [0.1, 0.15) is 0 Å². The highest BCUT2D eigenvalue weighted by Crippen LogP contribution is 2.23. The van der Waals surface area contributed by atoms with Crippen LogP contribution < -0.4 is 9.62 Å². The van der Waals surface area contributed by atoms with E-state index in [1.54, 1.807) is 53.5 Å². The summed E-state index contributed by atoms with van der Waals surface area (Å²) in [5.41, 5.74) is 2.36. The SMILES string of the molecule is CS(=O)(=O)N(CC(O)CO)c1ccc(Nc2ncc3cnn(Cc4ccnc(O)c4)c3n2)cc1. The van der Waals surface area contributed by atoms with E-state index in [1.807, 2.05) is 0 Å². The molecule has 0 amide bonds. The molecular formula is C21H23N7O5S. The van der Waals surface area contributed by atoms with E-state index < -0.39 is 22.7 Å². The first-order valence-electron chi connectivity index (χ1n) is 10.2. The molecule has 4 N–H and O–H groups in total. The van der Waals surface area contributed by atoms with Crippen LogP contribution in [0.3, 0.4) is 0 Å². The van der Waals surface area contributed by atoms with Crippen molar-refractivity contribution in [3.63, 3.8) is 0 Å². The number of aliphatic hydroxyl groups is 2. The van der Waals surface area contributed by atoms with Crippen LogP contribution in [0.15, 0.2) is 55.0 Å². The molecule has 0 radical (unpaired) electrons. The average molecular weight is 486 g/mol. The lowest BCUT2D eigenvalue weighted by atomic mass is 10.2. The van der Waals surface area contributed by atoms with Gasteiger partial charge in [0.15, 0.2) is 5.65 Å². The molecule has 0 bridgehead atoms. The van der Waals surface area contributed by atoms with Crippen LogP contribution in [-0.2, 0) is 16.6 Å². The number of aliphatic hydroxyl groups excluding tert-OH is 2. The molecule has 0 aliphatic carbocycles. The lowest BCUT2D eigenvalue weighted by Gasteiger charge is -2.24. The van der Waals surface area contributed by atoms with E-state index in [0.29, 0.717) is 29.5 Å². The van der Waals surface area contributed by atoms with Gasteiger partial charge < -0.3 is 20.6 Å². The van der Waals surface area contributed by atoms with Crippen molar-refractivity contribution in [2.24, 2.45) is 0 Å². The molecule has 0 saturated heterocycles. The van der Waals surface area contributed by atoms with Crippen molar-refractivity contribution >= 4 is 38.4 Å². The largest absolute Gasteiger partial charge is 0.493 e. The van der Waals surface area contributed by atoms with Gasteiger partial charge in [-0.2, -0.15) is 10.1 Å². The molecule has 4 aromatic rings. The van der Waals surface area contributed by atoms with Crippen LogP contribution in [0, 0.1) is 0 Å². The molecule has 0 fully saturated rings. The Morgan fingerprint density at radius 2 is 1.91 bits per heavy atom. The fourth-order valence-electron chi connectivity index (χ4n) is 3.30. The second kappa shape index (κ2) is 9.59. The van der Waals surface area contributed by atoms with Crippen molar-refractivity contribution in [3.05, 3.63) is 60.6 Å². The van der Waals surface area contributed by atoms with Gasteiger partial charge in [-0.1, -0.05) is 0 Å². The molecule has 1 unspecified atom stereocenters. The number of hydrogen-bond acceptors (Lipinski definition) is 10. The van der Waals surface area contributed by atoms with Crippen LogP contribution in [0.2, 0.25) is 0 Å². The number of benzene rings is 1. The number of rotatable bonds is 9. The van der Waals surface area contributed by atoms with Crippen LogP contribution in [-0.4, -0.2) is 74.0 Å². The van der Waals surface area contributed by atoms with Crippen molar-refractivity contribution in [2.45, 2.75) is 12.6 Å². The number of sulfonamides is 1. The van der Waals surface area contributed by atoms with Crippen LogP contribution in [0.25, 0.3) is 11.0 Å². The van der Waals surface area contributed by atoms with Crippen molar-refractivity contribution in [1.82, 2.24) is 24.7 Å². The van der Waals surface area contributed by atoms with Crippen LogP contribution in [0.5, 0.6) is 5.88 Å². The zero-order valence-electron chi connectivity index (χ0n) is 18.1. The standard InChI is InChI=1S/C21H23N7O5S/c1-34(32,33)28(12-18(30)13-29)17-4-2-16(3-5-17)25-21-23-9-15-10-24-27(20(15)26-21)11-14-6-7-22-19(31)8-14/h2-10,18,29-30H,11-13H2,1H3,(H,22,31)(H,23,25,26). The Morgan fingerprint density at radius 3 is 2.59 bits per heavy atom. The topological polar surface area (TPSA) is 167 Å². The summed E-state index contributed by atoms with van der Waals surface area (Å²) >= 11 is 0. The summed E-state index contributed by atoms with van der Waals surface area (Å²) in [6, 6.07) is 9.79. The normalized spacial score (nSPS) is 12.6. The molecular weight excluding hydrogens is 462 g/mol. The first-order valence-corrected chi connectivity index (χ1v) is 12.0. The van der Waals surface area contributed by atoms with Crippen LogP contribution in [0.4, 0.5) is 17.3 Å². The number of anilines is 3. The Kier molecular flexibility index (Phi) is 6.58. The first kappa shape index (κ1) is 23.4. The second-order valence-electron chi connectivity index (χ2n) is 7.60. The summed E-state index contributed by atoms with van der Waals surface area (Å²) < 4.78 is 26.9. The van der Waals surface area contributed by atoms with Gasteiger partial charge in [-0.15, -0.1) is 0 Å². The maximum absolute atomic E-state index is 12.1. The number of pyridine rings is 1. The molecule has 1 atom stereocenters. The second-order valence-corrected chi connectivity index (χ2v) is 9.51. The molecule has 3 aromatic heterocycles. The van der Waals surface area contributed by atoms with Gasteiger partial charge in [-0.05, 0) is 35.9 Å². The van der Waals surface area contributed by atoms with Crippen molar-refractivity contribution < 1.29 is 23.7 Å². The Morgan fingerprint density at radius 1 is 1.15 bits per heavy atom. The lowest BCUT2D eigenvalue weighted by molar-refractivity contribution is 0.102. The highest BCUT2D eigenvalue weighted by molar-refractivity contribution is 7.92.